The van der Waals surface area contributed by atoms with Crippen LogP contribution in [-0.2, 0) is 14.6 Å². The van der Waals surface area contributed by atoms with Crippen LogP contribution in [0, 0.1) is 5.82 Å². The third kappa shape index (κ3) is 5.55. The van der Waals surface area contributed by atoms with E-state index in [9.17, 15) is 22.4 Å². The summed E-state index contributed by atoms with van der Waals surface area (Å²) in [6.07, 6.45) is 0. The second kappa shape index (κ2) is 9.53. The van der Waals surface area contributed by atoms with Crippen molar-refractivity contribution in [2.75, 3.05) is 11.9 Å². The van der Waals surface area contributed by atoms with Gasteiger partial charge in [0.15, 0.2) is 9.84 Å². The van der Waals surface area contributed by atoms with Gasteiger partial charge in [0.2, 0.25) is 5.91 Å². The zero-order chi connectivity index (χ0) is 22.4. The summed E-state index contributed by atoms with van der Waals surface area (Å²) in [5.41, 5.74) is 1.23. The van der Waals surface area contributed by atoms with Crippen LogP contribution in [0.4, 0.5) is 10.1 Å². The zero-order valence-corrected chi connectivity index (χ0v) is 17.5. The molecular formula is C23H21FN2O4S. The summed E-state index contributed by atoms with van der Waals surface area (Å²) in [6, 6.07) is 19.4. The number of sulfone groups is 1. The Bertz CT molecular complexity index is 1180. The van der Waals surface area contributed by atoms with Crippen LogP contribution in [0.25, 0.3) is 0 Å². The first kappa shape index (κ1) is 22.2. The highest BCUT2D eigenvalue weighted by atomic mass is 32.2. The molecular weight excluding hydrogens is 419 g/mol. The number of carbonyl (C=O) groups is 2. The van der Waals surface area contributed by atoms with Crippen LogP contribution < -0.4 is 10.6 Å². The molecule has 8 heteroatoms. The molecule has 6 nitrogen and oxygen atoms in total. The Morgan fingerprint density at radius 2 is 1.61 bits per heavy atom. The first-order chi connectivity index (χ1) is 14.8. The quantitative estimate of drug-likeness (QED) is 0.548. The Labute approximate surface area is 180 Å². The molecule has 0 heterocycles. The maximum absolute atomic E-state index is 13.3. The normalized spacial score (nSPS) is 12.1. The number of hydrogen-bond donors (Lipinski definition) is 2. The molecule has 3 aromatic carbocycles. The number of nitrogens with one attached hydrogen (secondary N) is 2. The van der Waals surface area contributed by atoms with Crippen molar-refractivity contribution in [3.05, 3.63) is 95.8 Å². The number of anilines is 1. The van der Waals surface area contributed by atoms with E-state index in [2.05, 4.69) is 10.6 Å². The lowest BCUT2D eigenvalue weighted by molar-refractivity contribution is -0.114. The van der Waals surface area contributed by atoms with E-state index in [1.165, 1.54) is 25.1 Å². The first-order valence-electron chi connectivity index (χ1n) is 9.47. The van der Waals surface area contributed by atoms with E-state index < -0.39 is 26.8 Å². The minimum atomic E-state index is -3.91. The molecule has 0 aliphatic rings. The molecule has 160 valence electrons. The molecule has 2 N–H and O–H groups in total. The van der Waals surface area contributed by atoms with Crippen LogP contribution in [0.5, 0.6) is 0 Å². The van der Waals surface area contributed by atoms with E-state index in [0.29, 0.717) is 11.3 Å². The van der Waals surface area contributed by atoms with Gasteiger partial charge in [0.25, 0.3) is 5.91 Å². The number of rotatable bonds is 7. The fourth-order valence-corrected chi connectivity index (χ4v) is 4.75. The summed E-state index contributed by atoms with van der Waals surface area (Å²) < 4.78 is 39.8. The number of halogens is 1. The van der Waals surface area contributed by atoms with Gasteiger partial charge in [0.05, 0.1) is 4.90 Å². The van der Waals surface area contributed by atoms with Gasteiger partial charge in [-0.15, -0.1) is 0 Å². The monoisotopic (exact) mass is 440 g/mol. The molecule has 1 unspecified atom stereocenters. The zero-order valence-electron chi connectivity index (χ0n) is 16.7. The maximum Gasteiger partial charge on any atom is 0.251 e. The fraction of sp³-hybridized carbons (Fsp3) is 0.130. The van der Waals surface area contributed by atoms with E-state index >= 15 is 0 Å². The van der Waals surface area contributed by atoms with Crippen LogP contribution >= 0.6 is 0 Å². The highest BCUT2D eigenvalue weighted by molar-refractivity contribution is 7.91. The molecule has 0 aliphatic carbocycles. The van der Waals surface area contributed by atoms with E-state index in [1.54, 1.807) is 48.5 Å². The smallest absolute Gasteiger partial charge is 0.251 e. The van der Waals surface area contributed by atoms with Crippen molar-refractivity contribution in [1.82, 2.24) is 5.32 Å². The van der Waals surface area contributed by atoms with Gasteiger partial charge in [-0.05, 0) is 48.0 Å². The van der Waals surface area contributed by atoms with Gasteiger partial charge in [-0.3, -0.25) is 9.59 Å². The third-order valence-corrected chi connectivity index (χ3v) is 6.70. The second-order valence-electron chi connectivity index (χ2n) is 6.87. The molecule has 0 saturated carbocycles. The van der Waals surface area contributed by atoms with Crippen molar-refractivity contribution in [3.63, 3.8) is 0 Å². The Morgan fingerprint density at radius 1 is 0.935 bits per heavy atom. The number of benzene rings is 3. The summed E-state index contributed by atoms with van der Waals surface area (Å²) in [7, 11) is -3.91. The first-order valence-corrected chi connectivity index (χ1v) is 11.0. The molecule has 0 aliphatic heterocycles. The Hall–Kier alpha value is -3.52. The maximum atomic E-state index is 13.3. The van der Waals surface area contributed by atoms with Gasteiger partial charge in [0.1, 0.15) is 11.1 Å². The van der Waals surface area contributed by atoms with Gasteiger partial charge in [-0.2, -0.15) is 0 Å². The summed E-state index contributed by atoms with van der Waals surface area (Å²) >= 11 is 0. The van der Waals surface area contributed by atoms with E-state index in [4.69, 9.17) is 0 Å². The number of carbonyl (C=O) groups excluding carboxylic acids is 2. The van der Waals surface area contributed by atoms with Crippen molar-refractivity contribution >= 4 is 27.3 Å². The standard InChI is InChI=1S/C23H21FN2O4S/c1-16(27)26-20-9-5-8-18(14-20)23(28)25-15-22(17-6-3-2-4-7-17)31(29,30)21-12-10-19(24)11-13-21/h2-14,22H,15H2,1H3,(H,25,28)(H,26,27). The lowest BCUT2D eigenvalue weighted by Crippen LogP contribution is -2.32. The molecule has 3 rings (SSSR count). The Kier molecular flexibility index (Phi) is 6.81. The largest absolute Gasteiger partial charge is 0.350 e. The van der Waals surface area contributed by atoms with Crippen molar-refractivity contribution < 1.29 is 22.4 Å². The van der Waals surface area contributed by atoms with Crippen LogP contribution in [0.1, 0.15) is 28.1 Å². The highest BCUT2D eigenvalue weighted by Gasteiger charge is 2.29. The van der Waals surface area contributed by atoms with Gasteiger partial charge in [-0.1, -0.05) is 36.4 Å². The molecule has 0 spiro atoms. The average Bonchev–Trinajstić information content (AvgIpc) is 2.74. The van der Waals surface area contributed by atoms with Crippen molar-refractivity contribution in [2.45, 2.75) is 17.1 Å². The molecule has 3 aromatic rings. The third-order valence-electron chi connectivity index (χ3n) is 4.58. The van der Waals surface area contributed by atoms with Crippen molar-refractivity contribution in [1.29, 1.82) is 0 Å². The molecule has 0 radical (unpaired) electrons. The minimum Gasteiger partial charge on any atom is -0.350 e. The lowest BCUT2D eigenvalue weighted by Gasteiger charge is -2.19. The minimum absolute atomic E-state index is 0.0374. The lowest BCUT2D eigenvalue weighted by atomic mass is 10.1. The topological polar surface area (TPSA) is 92.3 Å². The summed E-state index contributed by atoms with van der Waals surface area (Å²) in [5, 5.41) is 4.19. The molecule has 31 heavy (non-hydrogen) atoms. The molecule has 0 saturated heterocycles. The predicted octanol–water partition coefficient (Wildman–Crippen LogP) is 3.73. The van der Waals surface area contributed by atoms with Gasteiger partial charge in [-0.25, -0.2) is 12.8 Å². The Balaban J connectivity index is 1.86. The molecule has 0 fully saturated rings. The second-order valence-corrected chi connectivity index (χ2v) is 9.00. The van der Waals surface area contributed by atoms with Gasteiger partial charge < -0.3 is 10.6 Å². The Morgan fingerprint density at radius 3 is 2.26 bits per heavy atom. The summed E-state index contributed by atoms with van der Waals surface area (Å²) in [6.45, 7) is 1.17. The predicted molar refractivity (Wildman–Crippen MR) is 116 cm³/mol. The fourth-order valence-electron chi connectivity index (χ4n) is 3.09. The molecule has 2 amide bonds. The number of amides is 2. The highest BCUT2D eigenvalue weighted by Crippen LogP contribution is 2.28. The molecule has 1 atom stereocenters. The van der Waals surface area contributed by atoms with E-state index in [0.717, 1.165) is 12.1 Å². The van der Waals surface area contributed by atoms with Crippen LogP contribution in [-0.4, -0.2) is 26.8 Å². The SMILES string of the molecule is CC(=O)Nc1cccc(C(=O)NCC(c2ccccc2)S(=O)(=O)c2ccc(F)cc2)c1. The molecule has 0 bridgehead atoms. The van der Waals surface area contributed by atoms with Crippen LogP contribution in [0.15, 0.2) is 83.8 Å². The van der Waals surface area contributed by atoms with E-state index in [1.807, 2.05) is 0 Å². The summed E-state index contributed by atoms with van der Waals surface area (Å²) in [5.74, 6) is -1.29. The summed E-state index contributed by atoms with van der Waals surface area (Å²) in [4.78, 5) is 23.9. The average molecular weight is 440 g/mol. The van der Waals surface area contributed by atoms with Gasteiger partial charge >= 0.3 is 0 Å². The van der Waals surface area contributed by atoms with Gasteiger partial charge in [0, 0.05) is 24.7 Å². The number of hydrogen-bond acceptors (Lipinski definition) is 4. The van der Waals surface area contributed by atoms with Crippen LogP contribution in [0.2, 0.25) is 0 Å². The van der Waals surface area contributed by atoms with Crippen molar-refractivity contribution in [2.24, 2.45) is 0 Å². The molecule has 0 aromatic heterocycles. The van der Waals surface area contributed by atoms with Crippen LogP contribution in [0.3, 0.4) is 0 Å². The van der Waals surface area contributed by atoms with Crippen molar-refractivity contribution in [3.8, 4) is 0 Å². The van der Waals surface area contributed by atoms with E-state index in [-0.39, 0.29) is 22.9 Å².